The van der Waals surface area contributed by atoms with E-state index in [1.54, 1.807) is 0 Å². The first kappa shape index (κ1) is 16.4. The molecule has 1 saturated heterocycles. The van der Waals surface area contributed by atoms with Crippen molar-refractivity contribution >= 4 is 0 Å². The molecule has 1 N–H and O–H groups in total. The largest absolute Gasteiger partial charge is 0.311 e. The number of rotatable bonds is 4. The summed E-state index contributed by atoms with van der Waals surface area (Å²) in [5.74, 6) is 0.744. The Balaban J connectivity index is 2.09. The lowest BCUT2D eigenvalue weighted by atomic mass is 9.83. The van der Waals surface area contributed by atoms with Crippen molar-refractivity contribution in [2.45, 2.75) is 59.7 Å². The second-order valence-corrected chi connectivity index (χ2v) is 7.91. The Morgan fingerprint density at radius 2 is 2.14 bits per heavy atom. The molecule has 0 radical (unpaired) electrons. The van der Waals surface area contributed by atoms with E-state index in [0.717, 1.165) is 25.6 Å². The van der Waals surface area contributed by atoms with Crippen LogP contribution < -0.4 is 5.32 Å². The summed E-state index contributed by atoms with van der Waals surface area (Å²) in [5.41, 5.74) is 1.61. The van der Waals surface area contributed by atoms with Crippen LogP contribution >= 0.6 is 0 Å². The fraction of sp³-hybridized carbons (Fsp3) is 0.722. The molecule has 1 aliphatic heterocycles. The zero-order valence-corrected chi connectivity index (χ0v) is 14.3. The smallest absolute Gasteiger partial charge is 0.0312 e. The molecule has 1 aromatic rings. The van der Waals surface area contributed by atoms with Gasteiger partial charge < -0.3 is 5.32 Å². The molecule has 3 heteroatoms. The first-order valence-electron chi connectivity index (χ1n) is 8.22. The van der Waals surface area contributed by atoms with Crippen molar-refractivity contribution in [1.82, 2.24) is 15.2 Å². The highest BCUT2D eigenvalue weighted by molar-refractivity contribution is 5.09. The van der Waals surface area contributed by atoms with E-state index in [-0.39, 0.29) is 5.41 Å². The van der Waals surface area contributed by atoms with Gasteiger partial charge in [0.15, 0.2) is 0 Å². The molecule has 1 fully saturated rings. The van der Waals surface area contributed by atoms with Crippen LogP contribution in [0.5, 0.6) is 0 Å². The van der Waals surface area contributed by atoms with Gasteiger partial charge in [0.05, 0.1) is 0 Å². The minimum atomic E-state index is 0.290. The Kier molecular flexibility index (Phi) is 5.39. The lowest BCUT2D eigenvalue weighted by molar-refractivity contribution is 0.0451. The van der Waals surface area contributed by atoms with Crippen LogP contribution in [0.15, 0.2) is 24.5 Å². The molecule has 0 spiro atoms. The maximum atomic E-state index is 4.26. The van der Waals surface area contributed by atoms with E-state index in [1.807, 2.05) is 18.5 Å². The van der Waals surface area contributed by atoms with E-state index >= 15 is 0 Å². The average Bonchev–Trinajstić information content (AvgIpc) is 2.38. The zero-order chi connectivity index (χ0) is 15.5. The van der Waals surface area contributed by atoms with Gasteiger partial charge in [-0.1, -0.05) is 40.7 Å². The molecule has 0 aliphatic carbocycles. The van der Waals surface area contributed by atoms with Gasteiger partial charge in [-0.3, -0.25) is 9.88 Å². The van der Waals surface area contributed by atoms with Gasteiger partial charge in [0.2, 0.25) is 0 Å². The topological polar surface area (TPSA) is 28.2 Å². The van der Waals surface area contributed by atoms with Gasteiger partial charge in [0.25, 0.3) is 0 Å². The Bertz CT molecular complexity index is 422. The van der Waals surface area contributed by atoms with Gasteiger partial charge in [-0.2, -0.15) is 0 Å². The molecule has 0 aromatic carbocycles. The average molecular weight is 289 g/mol. The summed E-state index contributed by atoms with van der Waals surface area (Å²) < 4.78 is 0. The maximum Gasteiger partial charge on any atom is 0.0312 e. The van der Waals surface area contributed by atoms with Gasteiger partial charge in [-0.05, 0) is 29.4 Å². The molecular weight excluding hydrogens is 258 g/mol. The van der Waals surface area contributed by atoms with E-state index in [1.165, 1.54) is 12.0 Å². The van der Waals surface area contributed by atoms with Gasteiger partial charge in [-0.25, -0.2) is 0 Å². The van der Waals surface area contributed by atoms with Crippen LogP contribution in [0.3, 0.4) is 0 Å². The lowest BCUT2D eigenvalue weighted by Gasteiger charge is -2.47. The third-order valence-electron chi connectivity index (χ3n) is 4.36. The number of hydrogen-bond acceptors (Lipinski definition) is 3. The summed E-state index contributed by atoms with van der Waals surface area (Å²) in [5, 5.41) is 3.77. The standard InChI is InChI=1S/C18H31N3/c1-14(2)9-16-13-21(12-15-7-6-8-19-10-15)17(11-20-16)18(3,4)5/h6-8,10,14,16-17,20H,9,11-13H2,1-5H3. The van der Waals surface area contributed by atoms with Crippen LogP contribution in [-0.2, 0) is 6.54 Å². The molecular formula is C18H31N3. The summed E-state index contributed by atoms with van der Waals surface area (Å²) in [4.78, 5) is 6.92. The van der Waals surface area contributed by atoms with E-state index in [0.29, 0.717) is 12.1 Å². The Morgan fingerprint density at radius 3 is 2.71 bits per heavy atom. The van der Waals surface area contributed by atoms with Crippen molar-refractivity contribution < 1.29 is 0 Å². The normalized spacial score (nSPS) is 24.5. The number of pyridine rings is 1. The molecule has 118 valence electrons. The Hall–Kier alpha value is -0.930. The molecule has 0 bridgehead atoms. The van der Waals surface area contributed by atoms with Gasteiger partial charge in [-0.15, -0.1) is 0 Å². The second kappa shape index (κ2) is 6.89. The summed E-state index contributed by atoms with van der Waals surface area (Å²) in [7, 11) is 0. The first-order valence-corrected chi connectivity index (χ1v) is 8.22. The second-order valence-electron chi connectivity index (χ2n) is 7.91. The minimum absolute atomic E-state index is 0.290. The number of hydrogen-bond donors (Lipinski definition) is 1. The maximum absolute atomic E-state index is 4.26. The molecule has 2 rings (SSSR count). The summed E-state index contributed by atoms with van der Waals surface area (Å²) in [6, 6.07) is 5.41. The van der Waals surface area contributed by atoms with Crippen molar-refractivity contribution in [1.29, 1.82) is 0 Å². The SMILES string of the molecule is CC(C)CC1CN(Cc2cccnc2)C(C(C)(C)C)CN1. The van der Waals surface area contributed by atoms with Crippen molar-refractivity contribution in [3.05, 3.63) is 30.1 Å². The minimum Gasteiger partial charge on any atom is -0.311 e. The lowest BCUT2D eigenvalue weighted by Crippen LogP contribution is -2.60. The highest BCUT2D eigenvalue weighted by atomic mass is 15.2. The first-order chi connectivity index (χ1) is 9.86. The zero-order valence-electron chi connectivity index (χ0n) is 14.3. The number of aromatic nitrogens is 1. The molecule has 1 aromatic heterocycles. The van der Waals surface area contributed by atoms with Crippen LogP contribution in [0, 0.1) is 11.3 Å². The Labute approximate surface area is 130 Å². The van der Waals surface area contributed by atoms with E-state index in [2.05, 4.69) is 55.9 Å². The molecule has 1 aliphatic rings. The highest BCUT2D eigenvalue weighted by Gasteiger charge is 2.35. The van der Waals surface area contributed by atoms with Crippen molar-refractivity contribution in [2.24, 2.45) is 11.3 Å². The van der Waals surface area contributed by atoms with Gasteiger partial charge in [0.1, 0.15) is 0 Å². The van der Waals surface area contributed by atoms with Crippen LogP contribution in [0.2, 0.25) is 0 Å². The fourth-order valence-corrected chi connectivity index (χ4v) is 3.36. The van der Waals surface area contributed by atoms with E-state index in [4.69, 9.17) is 0 Å². The Morgan fingerprint density at radius 1 is 1.38 bits per heavy atom. The molecule has 2 unspecified atom stereocenters. The third kappa shape index (κ3) is 4.79. The molecule has 2 heterocycles. The quantitative estimate of drug-likeness (QED) is 0.921. The van der Waals surface area contributed by atoms with E-state index in [9.17, 15) is 0 Å². The molecule has 0 saturated carbocycles. The summed E-state index contributed by atoms with van der Waals surface area (Å²) in [6.45, 7) is 14.9. The van der Waals surface area contributed by atoms with Crippen molar-refractivity contribution in [2.75, 3.05) is 13.1 Å². The predicted molar refractivity (Wildman–Crippen MR) is 89.1 cm³/mol. The third-order valence-corrected chi connectivity index (χ3v) is 4.36. The van der Waals surface area contributed by atoms with Crippen LogP contribution in [0.25, 0.3) is 0 Å². The molecule has 2 atom stereocenters. The summed E-state index contributed by atoms with van der Waals surface area (Å²) >= 11 is 0. The molecule has 0 amide bonds. The monoisotopic (exact) mass is 289 g/mol. The van der Waals surface area contributed by atoms with Gasteiger partial charge >= 0.3 is 0 Å². The van der Waals surface area contributed by atoms with Gasteiger partial charge in [0, 0.05) is 44.1 Å². The van der Waals surface area contributed by atoms with Crippen molar-refractivity contribution in [3.63, 3.8) is 0 Å². The van der Waals surface area contributed by atoms with E-state index < -0.39 is 0 Å². The van der Waals surface area contributed by atoms with Crippen molar-refractivity contribution in [3.8, 4) is 0 Å². The highest BCUT2D eigenvalue weighted by Crippen LogP contribution is 2.28. The summed E-state index contributed by atoms with van der Waals surface area (Å²) in [6.07, 6.45) is 5.10. The number of nitrogens with zero attached hydrogens (tertiary/aromatic N) is 2. The molecule has 3 nitrogen and oxygen atoms in total. The van der Waals surface area contributed by atoms with Crippen LogP contribution in [0.4, 0.5) is 0 Å². The fourth-order valence-electron chi connectivity index (χ4n) is 3.36. The number of piperazine rings is 1. The van der Waals surface area contributed by atoms with Crippen LogP contribution in [0.1, 0.15) is 46.6 Å². The number of nitrogens with one attached hydrogen (secondary N) is 1. The predicted octanol–water partition coefficient (Wildman–Crippen LogP) is 3.32. The molecule has 21 heavy (non-hydrogen) atoms. The van der Waals surface area contributed by atoms with Crippen LogP contribution in [-0.4, -0.2) is 35.1 Å².